The third-order valence-electron chi connectivity index (χ3n) is 2.53. The van der Waals surface area contributed by atoms with E-state index in [0.29, 0.717) is 5.69 Å². The molecule has 0 spiro atoms. The molecule has 1 atom stereocenters. The van der Waals surface area contributed by atoms with Crippen LogP contribution in [0.25, 0.3) is 0 Å². The van der Waals surface area contributed by atoms with E-state index >= 15 is 0 Å². The van der Waals surface area contributed by atoms with Gasteiger partial charge in [-0.25, -0.2) is 18.4 Å². The first-order chi connectivity index (χ1) is 9.38. The number of nitrogens with zero attached hydrogens (tertiary/aromatic N) is 3. The summed E-state index contributed by atoms with van der Waals surface area (Å²) in [6.45, 7) is 0. The van der Waals surface area contributed by atoms with Gasteiger partial charge in [0.2, 0.25) is 0 Å². The van der Waals surface area contributed by atoms with Crippen molar-refractivity contribution in [2.24, 2.45) is 7.05 Å². The number of carboxylic acids is 1. The fraction of sp³-hybridized carbons (Fsp3) is 0.300. The van der Waals surface area contributed by atoms with E-state index < -0.39 is 22.0 Å². The van der Waals surface area contributed by atoms with Gasteiger partial charge in [0.15, 0.2) is 5.03 Å². The van der Waals surface area contributed by atoms with Crippen molar-refractivity contribution in [1.82, 2.24) is 24.2 Å². The number of aryl methyl sites for hydroxylation is 1. The SMILES string of the molecule is Cn1cnc(S(=O)(=O)N[C@H](Cc2cnc[nH]2)C(=O)O)c1. The minimum atomic E-state index is -3.98. The first-order valence-corrected chi connectivity index (χ1v) is 7.07. The Balaban J connectivity index is 2.17. The zero-order valence-corrected chi connectivity index (χ0v) is 11.3. The maximum atomic E-state index is 12.0. The molecule has 0 unspecified atom stereocenters. The largest absolute Gasteiger partial charge is 0.480 e. The highest BCUT2D eigenvalue weighted by atomic mass is 32.2. The lowest BCUT2D eigenvalue weighted by Gasteiger charge is -2.12. The number of carboxylic acid groups (broad SMARTS) is 1. The molecule has 0 aliphatic heterocycles. The van der Waals surface area contributed by atoms with Crippen molar-refractivity contribution in [3.8, 4) is 0 Å². The van der Waals surface area contributed by atoms with E-state index in [0.717, 1.165) is 0 Å². The van der Waals surface area contributed by atoms with Gasteiger partial charge in [-0.05, 0) is 0 Å². The molecule has 0 bridgehead atoms. The van der Waals surface area contributed by atoms with Crippen LogP contribution in [-0.2, 0) is 28.3 Å². The number of H-pyrrole nitrogens is 1. The van der Waals surface area contributed by atoms with Gasteiger partial charge in [0.25, 0.3) is 10.0 Å². The Morgan fingerprint density at radius 1 is 1.60 bits per heavy atom. The lowest BCUT2D eigenvalue weighted by atomic mass is 10.2. The number of hydrogen-bond donors (Lipinski definition) is 3. The predicted octanol–water partition coefficient (Wildman–Crippen LogP) is -0.883. The van der Waals surface area contributed by atoms with Crippen LogP contribution in [0.2, 0.25) is 0 Å². The summed E-state index contributed by atoms with van der Waals surface area (Å²) in [5, 5.41) is 8.87. The number of aliphatic carboxylic acids is 1. The van der Waals surface area contributed by atoms with Crippen molar-refractivity contribution >= 4 is 16.0 Å². The zero-order chi connectivity index (χ0) is 14.8. The van der Waals surface area contributed by atoms with Crippen molar-refractivity contribution in [3.63, 3.8) is 0 Å². The molecule has 0 aromatic carbocycles. The molecule has 0 radical (unpaired) electrons. The Kier molecular flexibility index (Phi) is 3.86. The van der Waals surface area contributed by atoms with Crippen LogP contribution in [0, 0.1) is 0 Å². The summed E-state index contributed by atoms with van der Waals surface area (Å²) in [5.41, 5.74) is 0.515. The Morgan fingerprint density at radius 2 is 2.35 bits per heavy atom. The molecule has 0 saturated heterocycles. The van der Waals surface area contributed by atoms with E-state index in [2.05, 4.69) is 19.7 Å². The van der Waals surface area contributed by atoms with E-state index in [1.165, 1.54) is 29.6 Å². The number of imidazole rings is 2. The van der Waals surface area contributed by atoms with Gasteiger partial charge < -0.3 is 14.7 Å². The van der Waals surface area contributed by atoms with Gasteiger partial charge in [-0.2, -0.15) is 4.72 Å². The third kappa shape index (κ3) is 3.22. The number of hydrogen-bond acceptors (Lipinski definition) is 5. The average molecular weight is 299 g/mol. The summed E-state index contributed by atoms with van der Waals surface area (Å²) in [7, 11) is -2.37. The summed E-state index contributed by atoms with van der Waals surface area (Å²) in [6.07, 6.45) is 5.39. The smallest absolute Gasteiger partial charge is 0.322 e. The molecule has 0 amide bonds. The van der Waals surface area contributed by atoms with E-state index in [9.17, 15) is 13.2 Å². The molecule has 0 saturated carbocycles. The van der Waals surface area contributed by atoms with Crippen LogP contribution in [-0.4, -0.2) is 45.1 Å². The van der Waals surface area contributed by atoms with E-state index in [1.54, 1.807) is 7.05 Å². The molecule has 0 aliphatic rings. The molecule has 0 fully saturated rings. The highest BCUT2D eigenvalue weighted by molar-refractivity contribution is 7.89. The maximum Gasteiger partial charge on any atom is 0.322 e. The molecule has 2 rings (SSSR count). The first kappa shape index (κ1) is 14.2. The molecule has 10 heteroatoms. The molecule has 9 nitrogen and oxygen atoms in total. The van der Waals surface area contributed by atoms with Gasteiger partial charge in [-0.1, -0.05) is 0 Å². The van der Waals surface area contributed by atoms with Gasteiger partial charge in [0, 0.05) is 31.6 Å². The van der Waals surface area contributed by atoms with Gasteiger partial charge in [-0.3, -0.25) is 4.79 Å². The molecule has 3 N–H and O–H groups in total. The molecule has 2 aromatic rings. The molecule has 2 heterocycles. The number of rotatable bonds is 6. The third-order valence-corrected chi connectivity index (χ3v) is 3.89. The molecule has 0 aliphatic carbocycles. The maximum absolute atomic E-state index is 12.0. The van der Waals surface area contributed by atoms with Crippen LogP contribution in [0.4, 0.5) is 0 Å². The van der Waals surface area contributed by atoms with Gasteiger partial charge >= 0.3 is 5.97 Å². The highest BCUT2D eigenvalue weighted by Crippen LogP contribution is 2.07. The average Bonchev–Trinajstić information content (AvgIpc) is 2.99. The number of sulfonamides is 1. The zero-order valence-electron chi connectivity index (χ0n) is 10.5. The molecule has 2 aromatic heterocycles. The number of nitrogens with one attached hydrogen (secondary N) is 2. The molecule has 20 heavy (non-hydrogen) atoms. The minimum absolute atomic E-state index is 0.0403. The summed E-state index contributed by atoms with van der Waals surface area (Å²) in [6, 6.07) is -1.30. The van der Waals surface area contributed by atoms with Crippen molar-refractivity contribution in [2.45, 2.75) is 17.5 Å². The number of aromatic nitrogens is 4. The second-order valence-corrected chi connectivity index (χ2v) is 5.83. The van der Waals surface area contributed by atoms with Gasteiger partial charge in [0.05, 0.1) is 12.7 Å². The van der Waals surface area contributed by atoms with Crippen LogP contribution in [0.15, 0.2) is 30.1 Å². The van der Waals surface area contributed by atoms with E-state index in [4.69, 9.17) is 5.11 Å². The first-order valence-electron chi connectivity index (χ1n) is 5.59. The van der Waals surface area contributed by atoms with Crippen LogP contribution < -0.4 is 4.72 Å². The van der Waals surface area contributed by atoms with Crippen LogP contribution in [0.5, 0.6) is 0 Å². The van der Waals surface area contributed by atoms with Crippen LogP contribution in [0.1, 0.15) is 5.69 Å². The summed E-state index contributed by atoms with van der Waals surface area (Å²) >= 11 is 0. The normalized spacial score (nSPS) is 13.2. The number of aromatic amines is 1. The summed E-state index contributed by atoms with van der Waals surface area (Å²) in [5.74, 6) is -1.28. The van der Waals surface area contributed by atoms with E-state index in [1.807, 2.05) is 0 Å². The van der Waals surface area contributed by atoms with Gasteiger partial charge in [-0.15, -0.1) is 0 Å². The lowest BCUT2D eigenvalue weighted by molar-refractivity contribution is -0.138. The predicted molar refractivity (Wildman–Crippen MR) is 67.2 cm³/mol. The van der Waals surface area contributed by atoms with Crippen molar-refractivity contribution in [3.05, 3.63) is 30.7 Å². The highest BCUT2D eigenvalue weighted by Gasteiger charge is 2.27. The fourth-order valence-electron chi connectivity index (χ4n) is 1.57. The molecular formula is C10H13N5O4S. The standard InChI is InChI=1S/C10H13N5O4S/c1-15-4-9(13-6-15)20(18,19)14-8(10(16)17)2-7-3-11-5-12-7/h3-6,8,14H,2H2,1H3,(H,11,12)(H,16,17)/t8-/m1/s1. The topological polar surface area (TPSA) is 130 Å². The van der Waals surface area contributed by atoms with Crippen molar-refractivity contribution in [1.29, 1.82) is 0 Å². The van der Waals surface area contributed by atoms with Gasteiger partial charge in [0.1, 0.15) is 6.04 Å². The Bertz CT molecular complexity index is 691. The van der Waals surface area contributed by atoms with Crippen LogP contribution in [0.3, 0.4) is 0 Å². The second-order valence-electron chi connectivity index (χ2n) is 4.17. The Hall–Kier alpha value is -2.20. The summed E-state index contributed by atoms with van der Waals surface area (Å²) in [4.78, 5) is 21.3. The van der Waals surface area contributed by atoms with Crippen molar-refractivity contribution < 1.29 is 18.3 Å². The molecular weight excluding hydrogens is 286 g/mol. The Labute approximate surface area is 114 Å². The quantitative estimate of drug-likeness (QED) is 0.635. The minimum Gasteiger partial charge on any atom is -0.480 e. The fourth-order valence-corrected chi connectivity index (χ4v) is 2.74. The van der Waals surface area contributed by atoms with E-state index in [-0.39, 0.29) is 11.4 Å². The monoisotopic (exact) mass is 299 g/mol. The number of carbonyl (C=O) groups is 1. The lowest BCUT2D eigenvalue weighted by Crippen LogP contribution is -2.42. The van der Waals surface area contributed by atoms with Crippen LogP contribution >= 0.6 is 0 Å². The van der Waals surface area contributed by atoms with Crippen molar-refractivity contribution in [2.75, 3.05) is 0 Å². The summed E-state index contributed by atoms with van der Waals surface area (Å²) < 4.78 is 27.6. The Morgan fingerprint density at radius 3 is 2.85 bits per heavy atom. The second kappa shape index (κ2) is 5.43. The molecule has 108 valence electrons.